The molecule has 0 atom stereocenters. The number of carbonyl (C=O) groups excluding carboxylic acids is 2. The number of hydrogen-bond acceptors (Lipinski definition) is 6. The molecule has 0 aliphatic carbocycles. The fraction of sp³-hybridized carbons (Fsp3) is 0.350. The topological polar surface area (TPSA) is 93.4 Å². The molecule has 1 aromatic heterocycles. The Morgan fingerprint density at radius 1 is 1.18 bits per heavy atom. The highest BCUT2D eigenvalue weighted by Gasteiger charge is 2.17. The first-order chi connectivity index (χ1) is 13.5. The standard InChI is InChI=1S/C20H23N3O5/c1-14(21-22-20(25)18-7-10-27-15(18)2)16-3-5-17(6-4-16)28-13-19(24)23-8-11-26-12-9-23/h3-7,10H,8-9,11-13H2,1-2H3,(H,22,25)/b21-14-. The molecule has 1 fully saturated rings. The smallest absolute Gasteiger partial charge is 0.274 e. The van der Waals surface area contributed by atoms with Gasteiger partial charge in [0, 0.05) is 13.1 Å². The van der Waals surface area contributed by atoms with Gasteiger partial charge in [-0.2, -0.15) is 5.10 Å². The van der Waals surface area contributed by atoms with Gasteiger partial charge in [-0.05, 0) is 49.7 Å². The van der Waals surface area contributed by atoms with Crippen molar-refractivity contribution in [2.24, 2.45) is 5.10 Å². The zero-order valence-corrected chi connectivity index (χ0v) is 15.9. The molecule has 2 amide bonds. The molecule has 0 bridgehead atoms. The van der Waals surface area contributed by atoms with Gasteiger partial charge in [-0.25, -0.2) is 5.43 Å². The van der Waals surface area contributed by atoms with E-state index in [1.807, 2.05) is 12.1 Å². The second-order valence-electron chi connectivity index (χ2n) is 6.33. The summed E-state index contributed by atoms with van der Waals surface area (Å²) in [5.41, 5.74) is 4.44. The van der Waals surface area contributed by atoms with E-state index in [-0.39, 0.29) is 18.4 Å². The summed E-state index contributed by atoms with van der Waals surface area (Å²) in [5, 5.41) is 4.12. The van der Waals surface area contributed by atoms with Gasteiger partial charge >= 0.3 is 0 Å². The number of carbonyl (C=O) groups is 2. The Balaban J connectivity index is 1.52. The van der Waals surface area contributed by atoms with Crippen LogP contribution < -0.4 is 10.2 Å². The SMILES string of the molecule is C/C(=N/NC(=O)c1ccoc1C)c1ccc(OCC(=O)N2CCOCC2)cc1. The largest absolute Gasteiger partial charge is 0.484 e. The van der Waals surface area contributed by atoms with Crippen molar-refractivity contribution in [3.8, 4) is 5.75 Å². The monoisotopic (exact) mass is 385 g/mol. The maximum absolute atomic E-state index is 12.1. The molecule has 1 aliphatic heterocycles. The molecule has 1 aliphatic rings. The predicted molar refractivity (Wildman–Crippen MR) is 102 cm³/mol. The van der Waals surface area contributed by atoms with E-state index < -0.39 is 0 Å². The van der Waals surface area contributed by atoms with Crippen molar-refractivity contribution in [1.82, 2.24) is 10.3 Å². The third kappa shape index (κ3) is 4.98. The Bertz CT molecular complexity index is 851. The van der Waals surface area contributed by atoms with Crippen LogP contribution in [0.3, 0.4) is 0 Å². The number of morpholine rings is 1. The first-order valence-corrected chi connectivity index (χ1v) is 9.02. The zero-order valence-electron chi connectivity index (χ0n) is 15.9. The van der Waals surface area contributed by atoms with E-state index >= 15 is 0 Å². The lowest BCUT2D eigenvalue weighted by molar-refractivity contribution is -0.137. The summed E-state index contributed by atoms with van der Waals surface area (Å²) < 4.78 is 15.9. The Labute approximate surface area is 163 Å². The van der Waals surface area contributed by atoms with Gasteiger partial charge in [0.05, 0.1) is 30.8 Å². The Morgan fingerprint density at radius 2 is 1.89 bits per heavy atom. The lowest BCUT2D eigenvalue weighted by Crippen LogP contribution is -2.42. The van der Waals surface area contributed by atoms with E-state index in [0.29, 0.717) is 49.1 Å². The zero-order chi connectivity index (χ0) is 19.9. The van der Waals surface area contributed by atoms with Crippen LogP contribution in [-0.2, 0) is 9.53 Å². The lowest BCUT2D eigenvalue weighted by atomic mass is 10.1. The van der Waals surface area contributed by atoms with E-state index in [1.54, 1.807) is 36.9 Å². The molecule has 0 saturated carbocycles. The minimum absolute atomic E-state index is 0.00741. The maximum atomic E-state index is 12.1. The van der Waals surface area contributed by atoms with Crippen molar-refractivity contribution in [3.05, 3.63) is 53.5 Å². The summed E-state index contributed by atoms with van der Waals surface area (Å²) in [7, 11) is 0. The van der Waals surface area contributed by atoms with E-state index in [4.69, 9.17) is 13.9 Å². The van der Waals surface area contributed by atoms with Crippen molar-refractivity contribution in [1.29, 1.82) is 0 Å². The van der Waals surface area contributed by atoms with Gasteiger partial charge in [-0.3, -0.25) is 9.59 Å². The number of hydrogen-bond donors (Lipinski definition) is 1. The Kier molecular flexibility index (Phi) is 6.44. The maximum Gasteiger partial charge on any atom is 0.274 e. The molecular weight excluding hydrogens is 362 g/mol. The van der Waals surface area contributed by atoms with Gasteiger partial charge in [0.25, 0.3) is 11.8 Å². The third-order valence-electron chi connectivity index (χ3n) is 4.43. The normalized spacial score (nSPS) is 14.6. The van der Waals surface area contributed by atoms with Gasteiger partial charge < -0.3 is 18.8 Å². The van der Waals surface area contributed by atoms with Crippen LogP contribution in [-0.4, -0.2) is 55.3 Å². The van der Waals surface area contributed by atoms with Crippen LogP contribution >= 0.6 is 0 Å². The predicted octanol–water partition coefficient (Wildman–Crippen LogP) is 1.98. The number of hydrazone groups is 1. The van der Waals surface area contributed by atoms with E-state index in [9.17, 15) is 9.59 Å². The molecule has 8 nitrogen and oxygen atoms in total. The van der Waals surface area contributed by atoms with Crippen molar-refractivity contribution in [3.63, 3.8) is 0 Å². The molecule has 1 aromatic carbocycles. The summed E-state index contributed by atoms with van der Waals surface area (Å²) in [4.78, 5) is 25.9. The molecule has 8 heteroatoms. The minimum atomic E-state index is -0.327. The van der Waals surface area contributed by atoms with Crippen molar-refractivity contribution in [2.75, 3.05) is 32.9 Å². The van der Waals surface area contributed by atoms with Crippen LogP contribution in [0.5, 0.6) is 5.75 Å². The van der Waals surface area contributed by atoms with Gasteiger partial charge in [0.2, 0.25) is 0 Å². The lowest BCUT2D eigenvalue weighted by Gasteiger charge is -2.26. The van der Waals surface area contributed by atoms with Crippen LogP contribution in [0.1, 0.15) is 28.6 Å². The van der Waals surface area contributed by atoms with Gasteiger partial charge in [0.1, 0.15) is 11.5 Å². The highest BCUT2D eigenvalue weighted by molar-refractivity contribution is 6.01. The number of benzene rings is 1. The minimum Gasteiger partial charge on any atom is -0.484 e. The van der Waals surface area contributed by atoms with Crippen molar-refractivity contribution in [2.45, 2.75) is 13.8 Å². The molecule has 1 saturated heterocycles. The summed E-state index contributed by atoms with van der Waals surface area (Å²) >= 11 is 0. The van der Waals surface area contributed by atoms with E-state index in [2.05, 4.69) is 10.5 Å². The number of rotatable bonds is 6. The molecule has 0 radical (unpaired) electrons. The first kappa shape index (κ1) is 19.6. The summed E-state index contributed by atoms with van der Waals surface area (Å²) in [6.07, 6.45) is 1.46. The summed E-state index contributed by atoms with van der Waals surface area (Å²) in [6, 6.07) is 8.77. The average molecular weight is 385 g/mol. The number of amides is 2. The highest BCUT2D eigenvalue weighted by Crippen LogP contribution is 2.14. The fourth-order valence-electron chi connectivity index (χ4n) is 2.72. The first-order valence-electron chi connectivity index (χ1n) is 9.02. The Hall–Kier alpha value is -3.13. The van der Waals surface area contributed by atoms with E-state index in [0.717, 1.165) is 5.56 Å². The molecule has 0 unspecified atom stereocenters. The average Bonchev–Trinajstić information content (AvgIpc) is 3.17. The van der Waals surface area contributed by atoms with Crippen LogP contribution in [0.4, 0.5) is 0 Å². The molecule has 148 valence electrons. The fourth-order valence-corrected chi connectivity index (χ4v) is 2.72. The molecule has 2 heterocycles. The van der Waals surface area contributed by atoms with Gasteiger partial charge in [-0.1, -0.05) is 0 Å². The Morgan fingerprint density at radius 3 is 2.54 bits per heavy atom. The number of aryl methyl sites for hydroxylation is 1. The van der Waals surface area contributed by atoms with Crippen molar-refractivity contribution < 1.29 is 23.5 Å². The van der Waals surface area contributed by atoms with Crippen LogP contribution in [0.15, 0.2) is 46.1 Å². The number of nitrogens with zero attached hydrogens (tertiary/aromatic N) is 2. The quantitative estimate of drug-likeness (QED) is 0.606. The van der Waals surface area contributed by atoms with Crippen LogP contribution in [0, 0.1) is 6.92 Å². The van der Waals surface area contributed by atoms with E-state index in [1.165, 1.54) is 6.26 Å². The number of furan rings is 1. The molecule has 1 N–H and O–H groups in total. The number of ether oxygens (including phenoxy) is 2. The number of nitrogens with one attached hydrogen (secondary N) is 1. The highest BCUT2D eigenvalue weighted by atomic mass is 16.5. The third-order valence-corrected chi connectivity index (χ3v) is 4.43. The molecule has 28 heavy (non-hydrogen) atoms. The van der Waals surface area contributed by atoms with Crippen LogP contribution in [0.25, 0.3) is 0 Å². The van der Waals surface area contributed by atoms with Gasteiger partial charge in [-0.15, -0.1) is 0 Å². The molecule has 3 rings (SSSR count). The van der Waals surface area contributed by atoms with Crippen LogP contribution in [0.2, 0.25) is 0 Å². The summed E-state index contributed by atoms with van der Waals surface area (Å²) in [6.45, 7) is 5.83. The summed E-state index contributed by atoms with van der Waals surface area (Å²) in [5.74, 6) is 0.754. The molecule has 2 aromatic rings. The molecular formula is C20H23N3O5. The van der Waals surface area contributed by atoms with Gasteiger partial charge in [0.15, 0.2) is 6.61 Å². The van der Waals surface area contributed by atoms with Crippen molar-refractivity contribution >= 4 is 17.5 Å². The molecule has 0 spiro atoms. The second kappa shape index (κ2) is 9.18. The second-order valence-corrected chi connectivity index (χ2v) is 6.33.